The number of guanidine groups is 1. The number of nitrogens with one attached hydrogen (secondary N) is 2. The van der Waals surface area contributed by atoms with Gasteiger partial charge in [-0.2, -0.15) is 0 Å². The molecule has 0 atom stereocenters. The molecule has 0 amide bonds. The van der Waals surface area contributed by atoms with Gasteiger partial charge in [-0.15, -0.1) is 24.0 Å². The Kier molecular flexibility index (Phi) is 11.2. The summed E-state index contributed by atoms with van der Waals surface area (Å²) in [6.45, 7) is 8.69. The molecule has 0 bridgehead atoms. The Hall–Kier alpha value is -1.81. The van der Waals surface area contributed by atoms with Crippen molar-refractivity contribution < 1.29 is 13.2 Å². The number of benzene rings is 2. The SMILES string of the molecule is CCNC(=NCCc1ccc(S(C)(=O)=O)cc1)NCCOc1cc(C)cc(C)c1.I. The lowest BCUT2D eigenvalue weighted by atomic mass is 10.1. The highest BCUT2D eigenvalue weighted by molar-refractivity contribution is 14.0. The molecule has 6 nitrogen and oxygen atoms in total. The van der Waals surface area contributed by atoms with E-state index in [1.54, 1.807) is 12.1 Å². The number of hydrogen-bond acceptors (Lipinski definition) is 4. The topological polar surface area (TPSA) is 79.8 Å². The molecule has 2 rings (SSSR count). The number of aliphatic imine (C=N–C) groups is 1. The summed E-state index contributed by atoms with van der Waals surface area (Å²) in [5.74, 6) is 1.62. The maximum absolute atomic E-state index is 11.5. The number of hydrogen-bond donors (Lipinski definition) is 2. The van der Waals surface area contributed by atoms with Crippen molar-refractivity contribution in [2.75, 3.05) is 32.5 Å². The van der Waals surface area contributed by atoms with Crippen molar-refractivity contribution in [1.82, 2.24) is 10.6 Å². The van der Waals surface area contributed by atoms with Gasteiger partial charge in [0.1, 0.15) is 12.4 Å². The van der Waals surface area contributed by atoms with Crippen LogP contribution in [0, 0.1) is 13.8 Å². The molecule has 0 aromatic heterocycles. The molecule has 2 aromatic carbocycles. The van der Waals surface area contributed by atoms with Gasteiger partial charge in [0.15, 0.2) is 15.8 Å². The van der Waals surface area contributed by atoms with E-state index in [1.165, 1.54) is 17.4 Å². The largest absolute Gasteiger partial charge is 0.492 e. The van der Waals surface area contributed by atoms with E-state index >= 15 is 0 Å². The summed E-state index contributed by atoms with van der Waals surface area (Å²) in [5.41, 5.74) is 3.43. The number of ether oxygens (including phenoxy) is 1. The van der Waals surface area contributed by atoms with Crippen LogP contribution in [0.25, 0.3) is 0 Å². The number of halogens is 1. The van der Waals surface area contributed by atoms with Gasteiger partial charge in [0, 0.05) is 19.3 Å². The second-order valence-electron chi connectivity index (χ2n) is 7.03. The zero-order valence-corrected chi connectivity index (χ0v) is 21.2. The molecule has 0 heterocycles. The third kappa shape index (κ3) is 9.34. The van der Waals surface area contributed by atoms with Crippen molar-refractivity contribution in [1.29, 1.82) is 0 Å². The van der Waals surface area contributed by atoms with E-state index in [0.29, 0.717) is 24.6 Å². The average Bonchev–Trinajstić information content (AvgIpc) is 2.64. The third-order valence-corrected chi connectivity index (χ3v) is 5.35. The number of sulfone groups is 1. The average molecular weight is 545 g/mol. The smallest absolute Gasteiger partial charge is 0.191 e. The molecule has 0 unspecified atom stereocenters. The lowest BCUT2D eigenvalue weighted by Crippen LogP contribution is -2.39. The maximum atomic E-state index is 11.5. The van der Waals surface area contributed by atoms with Crippen molar-refractivity contribution >= 4 is 39.8 Å². The number of rotatable bonds is 9. The van der Waals surface area contributed by atoms with E-state index in [4.69, 9.17) is 4.74 Å². The molecule has 0 radical (unpaired) electrons. The maximum Gasteiger partial charge on any atom is 0.191 e. The lowest BCUT2D eigenvalue weighted by Gasteiger charge is -2.13. The normalized spacial score (nSPS) is 11.5. The minimum absolute atomic E-state index is 0. The predicted molar refractivity (Wildman–Crippen MR) is 134 cm³/mol. The van der Waals surface area contributed by atoms with Crippen LogP contribution in [0.15, 0.2) is 52.4 Å². The molecule has 0 aliphatic carbocycles. The Bertz CT molecular complexity index is 909. The first-order chi connectivity index (χ1) is 13.8. The molecular weight excluding hydrogens is 513 g/mol. The van der Waals surface area contributed by atoms with Gasteiger partial charge >= 0.3 is 0 Å². The Labute approximate surface area is 197 Å². The van der Waals surface area contributed by atoms with E-state index in [1.807, 2.05) is 31.2 Å². The van der Waals surface area contributed by atoms with Crippen LogP contribution in [0.3, 0.4) is 0 Å². The van der Waals surface area contributed by atoms with Gasteiger partial charge in [-0.25, -0.2) is 8.42 Å². The minimum atomic E-state index is -3.16. The summed E-state index contributed by atoms with van der Waals surface area (Å²) >= 11 is 0. The van der Waals surface area contributed by atoms with Crippen LogP contribution in [0.2, 0.25) is 0 Å². The van der Waals surface area contributed by atoms with Crippen LogP contribution in [0.4, 0.5) is 0 Å². The van der Waals surface area contributed by atoms with Gasteiger partial charge in [0.05, 0.1) is 11.4 Å². The standard InChI is InChI=1S/C22H31N3O3S.HI/c1-5-23-22(25-12-13-28-20-15-17(2)14-18(3)16-20)24-11-10-19-6-8-21(9-7-19)29(4,26)27;/h6-9,14-16H,5,10-13H2,1-4H3,(H2,23,24,25);1H. The Balaban J connectivity index is 0.00000450. The van der Waals surface area contributed by atoms with Crippen molar-refractivity contribution in [3.05, 3.63) is 59.2 Å². The summed E-state index contributed by atoms with van der Waals surface area (Å²) in [7, 11) is -3.16. The monoisotopic (exact) mass is 545 g/mol. The van der Waals surface area contributed by atoms with Crippen LogP contribution in [-0.2, 0) is 16.3 Å². The van der Waals surface area contributed by atoms with E-state index in [9.17, 15) is 8.42 Å². The van der Waals surface area contributed by atoms with Crippen molar-refractivity contribution in [2.24, 2.45) is 4.99 Å². The first-order valence-electron chi connectivity index (χ1n) is 9.80. The third-order valence-electron chi connectivity index (χ3n) is 4.22. The van der Waals surface area contributed by atoms with Gasteiger partial charge in [0.25, 0.3) is 0 Å². The minimum Gasteiger partial charge on any atom is -0.492 e. The summed E-state index contributed by atoms with van der Waals surface area (Å²) in [5, 5.41) is 6.49. The van der Waals surface area contributed by atoms with Gasteiger partial charge in [-0.1, -0.05) is 18.2 Å². The Morgan fingerprint density at radius 1 is 1.03 bits per heavy atom. The molecule has 0 fully saturated rings. The van der Waals surface area contributed by atoms with E-state index in [2.05, 4.69) is 35.5 Å². The van der Waals surface area contributed by atoms with Crippen molar-refractivity contribution in [2.45, 2.75) is 32.1 Å². The highest BCUT2D eigenvalue weighted by atomic mass is 127. The fourth-order valence-corrected chi connectivity index (χ4v) is 3.53. The van der Waals surface area contributed by atoms with E-state index in [-0.39, 0.29) is 24.0 Å². The zero-order valence-electron chi connectivity index (χ0n) is 18.1. The molecule has 2 aromatic rings. The summed E-state index contributed by atoms with van der Waals surface area (Å²) in [6, 6.07) is 13.1. The second-order valence-corrected chi connectivity index (χ2v) is 9.04. The van der Waals surface area contributed by atoms with Crippen molar-refractivity contribution in [3.8, 4) is 5.75 Å². The molecule has 0 saturated carbocycles. The van der Waals surface area contributed by atoms with Crippen LogP contribution < -0.4 is 15.4 Å². The van der Waals surface area contributed by atoms with Crippen LogP contribution in [0.1, 0.15) is 23.6 Å². The first-order valence-corrected chi connectivity index (χ1v) is 11.7. The molecular formula is C22H32IN3O3S. The molecule has 2 N–H and O–H groups in total. The highest BCUT2D eigenvalue weighted by Gasteiger charge is 2.06. The summed E-state index contributed by atoms with van der Waals surface area (Å²) in [4.78, 5) is 4.91. The van der Waals surface area contributed by atoms with Gasteiger partial charge in [-0.05, 0) is 68.1 Å². The van der Waals surface area contributed by atoms with Crippen LogP contribution in [0.5, 0.6) is 5.75 Å². The second kappa shape index (κ2) is 12.8. The molecule has 30 heavy (non-hydrogen) atoms. The highest BCUT2D eigenvalue weighted by Crippen LogP contribution is 2.15. The van der Waals surface area contributed by atoms with Crippen LogP contribution >= 0.6 is 24.0 Å². The fourth-order valence-electron chi connectivity index (χ4n) is 2.90. The first kappa shape index (κ1) is 26.2. The lowest BCUT2D eigenvalue weighted by molar-refractivity contribution is 0.321. The number of nitrogens with zero attached hydrogens (tertiary/aromatic N) is 1. The van der Waals surface area contributed by atoms with E-state index < -0.39 is 9.84 Å². The molecule has 0 spiro atoms. The van der Waals surface area contributed by atoms with Crippen molar-refractivity contribution in [3.63, 3.8) is 0 Å². The van der Waals surface area contributed by atoms with Gasteiger partial charge < -0.3 is 15.4 Å². The van der Waals surface area contributed by atoms with E-state index in [0.717, 1.165) is 30.2 Å². The summed E-state index contributed by atoms with van der Waals surface area (Å²) < 4.78 is 28.9. The zero-order chi connectivity index (χ0) is 21.3. The Morgan fingerprint density at radius 2 is 1.67 bits per heavy atom. The summed E-state index contributed by atoms with van der Waals surface area (Å²) in [6.07, 6.45) is 1.95. The quantitative estimate of drug-likeness (QED) is 0.218. The predicted octanol–water partition coefficient (Wildman–Crippen LogP) is 3.50. The molecule has 8 heteroatoms. The van der Waals surface area contributed by atoms with Crippen LogP contribution in [-0.4, -0.2) is 46.9 Å². The molecule has 0 aliphatic heterocycles. The molecule has 0 aliphatic rings. The number of aryl methyl sites for hydroxylation is 2. The van der Waals surface area contributed by atoms with Gasteiger partial charge in [0.2, 0.25) is 0 Å². The van der Waals surface area contributed by atoms with Gasteiger partial charge in [-0.3, -0.25) is 4.99 Å². The Morgan fingerprint density at radius 3 is 2.23 bits per heavy atom. The molecule has 0 saturated heterocycles. The fraction of sp³-hybridized carbons (Fsp3) is 0.409. The molecule has 166 valence electrons.